The molecule has 0 radical (unpaired) electrons. The van der Waals surface area contributed by atoms with Gasteiger partial charge in [0.05, 0.1) is 12.6 Å². The van der Waals surface area contributed by atoms with Crippen molar-refractivity contribution in [2.75, 3.05) is 11.9 Å². The van der Waals surface area contributed by atoms with E-state index in [4.69, 9.17) is 5.73 Å². The van der Waals surface area contributed by atoms with Crippen molar-refractivity contribution in [3.8, 4) is 0 Å². The molecule has 4 rings (SSSR count). The minimum atomic E-state index is -0.628. The average Bonchev–Trinajstić information content (AvgIpc) is 2.95. The van der Waals surface area contributed by atoms with Crippen LogP contribution in [0.2, 0.25) is 0 Å². The van der Waals surface area contributed by atoms with E-state index in [1.807, 2.05) is 48.5 Å². The lowest BCUT2D eigenvalue weighted by atomic mass is 10.0. The molecular formula is C26H28N4O3. The predicted octanol–water partition coefficient (Wildman–Crippen LogP) is 2.51. The SMILES string of the molecule is CNC(C)C(=O)NC1CCc2ccccc2N(Cc2cccc3ccc(C(N)=O)cc23)C1=O. The summed E-state index contributed by atoms with van der Waals surface area (Å²) in [6.07, 6.45) is 1.20. The number of fused-ring (bicyclic) bond motifs is 2. The maximum atomic E-state index is 13.7. The van der Waals surface area contributed by atoms with Crippen molar-refractivity contribution in [3.63, 3.8) is 0 Å². The van der Waals surface area contributed by atoms with Gasteiger partial charge in [0, 0.05) is 11.3 Å². The third kappa shape index (κ3) is 4.59. The van der Waals surface area contributed by atoms with E-state index >= 15 is 0 Å². The Balaban J connectivity index is 1.74. The molecule has 0 bridgehead atoms. The van der Waals surface area contributed by atoms with Gasteiger partial charge in [-0.1, -0.05) is 42.5 Å². The van der Waals surface area contributed by atoms with Crippen LogP contribution in [-0.4, -0.2) is 36.9 Å². The molecular weight excluding hydrogens is 416 g/mol. The van der Waals surface area contributed by atoms with Gasteiger partial charge < -0.3 is 21.3 Å². The summed E-state index contributed by atoms with van der Waals surface area (Å²) in [5.74, 6) is -0.859. The van der Waals surface area contributed by atoms with Crippen molar-refractivity contribution >= 4 is 34.2 Å². The normalized spacial score (nSPS) is 16.7. The first-order valence-electron chi connectivity index (χ1n) is 11.1. The largest absolute Gasteiger partial charge is 0.366 e. The molecule has 0 saturated carbocycles. The molecule has 0 aliphatic carbocycles. The number of carbonyl (C=O) groups is 3. The van der Waals surface area contributed by atoms with Gasteiger partial charge in [-0.15, -0.1) is 0 Å². The molecule has 1 heterocycles. The standard InChI is InChI=1S/C26H28N4O3/c1-16(28-2)25(32)29-22-13-12-18-6-3-4-9-23(18)30(26(22)33)15-20-8-5-7-17-10-11-19(24(27)31)14-21(17)20/h3-11,14,16,22,28H,12-13,15H2,1-2H3,(H2,27,31)(H,29,32). The van der Waals surface area contributed by atoms with E-state index in [1.54, 1.807) is 31.0 Å². The van der Waals surface area contributed by atoms with Gasteiger partial charge in [-0.3, -0.25) is 14.4 Å². The van der Waals surface area contributed by atoms with Crippen LogP contribution in [0.4, 0.5) is 5.69 Å². The number of hydrogen-bond donors (Lipinski definition) is 3. The van der Waals surface area contributed by atoms with Gasteiger partial charge in [-0.2, -0.15) is 0 Å². The highest BCUT2D eigenvalue weighted by Gasteiger charge is 2.32. The fourth-order valence-corrected chi connectivity index (χ4v) is 4.24. The van der Waals surface area contributed by atoms with Crippen LogP contribution in [0.5, 0.6) is 0 Å². The summed E-state index contributed by atoms with van der Waals surface area (Å²) in [7, 11) is 1.71. The molecule has 2 unspecified atom stereocenters. The molecule has 0 saturated heterocycles. The fraction of sp³-hybridized carbons (Fsp3) is 0.269. The van der Waals surface area contributed by atoms with Gasteiger partial charge in [-0.25, -0.2) is 0 Å². The highest BCUT2D eigenvalue weighted by atomic mass is 16.2. The zero-order chi connectivity index (χ0) is 23.5. The molecule has 3 aromatic rings. The number of hydrogen-bond acceptors (Lipinski definition) is 4. The van der Waals surface area contributed by atoms with E-state index in [2.05, 4.69) is 10.6 Å². The van der Waals surface area contributed by atoms with Crippen LogP contribution in [0.15, 0.2) is 60.7 Å². The van der Waals surface area contributed by atoms with Gasteiger partial charge in [0.15, 0.2) is 0 Å². The topological polar surface area (TPSA) is 105 Å². The number of carbonyl (C=O) groups excluding carboxylic acids is 3. The van der Waals surface area contributed by atoms with Gasteiger partial charge in [0.2, 0.25) is 17.7 Å². The first kappa shape index (κ1) is 22.5. The molecule has 33 heavy (non-hydrogen) atoms. The lowest BCUT2D eigenvalue weighted by Crippen LogP contribution is -2.52. The molecule has 7 nitrogen and oxygen atoms in total. The quantitative estimate of drug-likeness (QED) is 0.543. The van der Waals surface area contributed by atoms with E-state index in [1.165, 1.54) is 0 Å². The number of likely N-dealkylation sites (N-methyl/N-ethyl adjacent to an activating group) is 1. The number of para-hydroxylation sites is 1. The Labute approximate surface area is 192 Å². The Kier molecular flexibility index (Phi) is 6.42. The Morgan fingerprint density at radius 1 is 1.12 bits per heavy atom. The molecule has 0 fully saturated rings. The maximum Gasteiger partial charge on any atom is 0.249 e. The number of nitrogens with two attached hydrogens (primary N) is 1. The third-order valence-electron chi connectivity index (χ3n) is 6.28. The van der Waals surface area contributed by atoms with Crippen molar-refractivity contribution in [3.05, 3.63) is 77.4 Å². The Morgan fingerprint density at radius 2 is 1.91 bits per heavy atom. The van der Waals surface area contributed by atoms with E-state index < -0.39 is 18.0 Å². The summed E-state index contributed by atoms with van der Waals surface area (Å²) in [5, 5.41) is 7.66. The highest BCUT2D eigenvalue weighted by molar-refractivity contribution is 6.02. The van der Waals surface area contributed by atoms with Gasteiger partial charge >= 0.3 is 0 Å². The van der Waals surface area contributed by atoms with E-state index in [-0.39, 0.29) is 11.8 Å². The van der Waals surface area contributed by atoms with Crippen LogP contribution in [-0.2, 0) is 22.6 Å². The lowest BCUT2D eigenvalue weighted by Gasteiger charge is -2.27. The maximum absolute atomic E-state index is 13.7. The molecule has 3 amide bonds. The van der Waals surface area contributed by atoms with Gasteiger partial charge in [-0.05, 0) is 66.9 Å². The van der Waals surface area contributed by atoms with Crippen LogP contribution in [0.25, 0.3) is 10.8 Å². The van der Waals surface area contributed by atoms with Crippen LogP contribution in [0.1, 0.15) is 34.8 Å². The summed E-state index contributed by atoms with van der Waals surface area (Å²) in [4.78, 5) is 39.7. The van der Waals surface area contributed by atoms with Crippen LogP contribution < -0.4 is 21.3 Å². The van der Waals surface area contributed by atoms with Crippen molar-refractivity contribution in [2.45, 2.75) is 38.4 Å². The van der Waals surface area contributed by atoms with E-state index in [0.29, 0.717) is 24.9 Å². The second-order valence-electron chi connectivity index (χ2n) is 8.38. The number of nitrogens with one attached hydrogen (secondary N) is 2. The zero-order valence-electron chi connectivity index (χ0n) is 18.8. The van der Waals surface area contributed by atoms with Gasteiger partial charge in [0.1, 0.15) is 6.04 Å². The first-order valence-corrected chi connectivity index (χ1v) is 11.1. The second-order valence-corrected chi connectivity index (χ2v) is 8.38. The Hall–Kier alpha value is -3.71. The fourth-order valence-electron chi connectivity index (χ4n) is 4.24. The van der Waals surface area contributed by atoms with Gasteiger partial charge in [0.25, 0.3) is 0 Å². The second kappa shape index (κ2) is 9.42. The van der Waals surface area contributed by atoms with E-state index in [0.717, 1.165) is 27.6 Å². The summed E-state index contributed by atoms with van der Waals surface area (Å²) in [5.41, 5.74) is 8.71. The van der Waals surface area contributed by atoms with Crippen molar-refractivity contribution in [2.24, 2.45) is 5.73 Å². The number of rotatable bonds is 6. The molecule has 3 aromatic carbocycles. The van der Waals surface area contributed by atoms with Crippen LogP contribution >= 0.6 is 0 Å². The minimum absolute atomic E-state index is 0.153. The molecule has 4 N–H and O–H groups in total. The van der Waals surface area contributed by atoms with Crippen molar-refractivity contribution < 1.29 is 14.4 Å². The third-order valence-corrected chi connectivity index (χ3v) is 6.28. The Morgan fingerprint density at radius 3 is 2.67 bits per heavy atom. The molecule has 0 spiro atoms. The van der Waals surface area contributed by atoms with Crippen molar-refractivity contribution in [1.29, 1.82) is 0 Å². The average molecular weight is 445 g/mol. The first-order chi connectivity index (χ1) is 15.9. The van der Waals surface area contributed by atoms with Crippen molar-refractivity contribution in [1.82, 2.24) is 10.6 Å². The summed E-state index contributed by atoms with van der Waals surface area (Å²) >= 11 is 0. The summed E-state index contributed by atoms with van der Waals surface area (Å²) < 4.78 is 0. The van der Waals surface area contributed by atoms with Crippen LogP contribution in [0, 0.1) is 0 Å². The smallest absolute Gasteiger partial charge is 0.249 e. The van der Waals surface area contributed by atoms with Crippen LogP contribution in [0.3, 0.4) is 0 Å². The number of nitrogens with zero attached hydrogens (tertiary/aromatic N) is 1. The molecule has 2 atom stereocenters. The number of anilines is 1. The summed E-state index contributed by atoms with van der Waals surface area (Å²) in [6.45, 7) is 2.07. The minimum Gasteiger partial charge on any atom is -0.366 e. The van der Waals surface area contributed by atoms with E-state index in [9.17, 15) is 14.4 Å². The summed E-state index contributed by atoms with van der Waals surface area (Å²) in [6, 6.07) is 18.0. The molecule has 1 aliphatic heterocycles. The highest BCUT2D eigenvalue weighted by Crippen LogP contribution is 2.30. The molecule has 170 valence electrons. The zero-order valence-corrected chi connectivity index (χ0v) is 18.8. The lowest BCUT2D eigenvalue weighted by molar-refractivity contribution is -0.128. The monoisotopic (exact) mass is 444 g/mol. The molecule has 1 aliphatic rings. The number of amides is 3. The molecule has 0 aromatic heterocycles. The predicted molar refractivity (Wildman–Crippen MR) is 129 cm³/mol. The number of benzene rings is 3. The number of primary amides is 1. The Bertz CT molecular complexity index is 1220. The number of aryl methyl sites for hydroxylation is 1. The molecule has 7 heteroatoms.